The van der Waals surface area contributed by atoms with Crippen molar-refractivity contribution in [2.24, 2.45) is 11.7 Å². The largest absolute Gasteiger partial charge is 0.327 e. The Morgan fingerprint density at radius 1 is 1.53 bits per heavy atom. The van der Waals surface area contributed by atoms with Crippen LogP contribution in [0.1, 0.15) is 25.3 Å². The van der Waals surface area contributed by atoms with Crippen LogP contribution in [-0.2, 0) is 6.42 Å². The van der Waals surface area contributed by atoms with E-state index >= 15 is 0 Å². The maximum Gasteiger partial charge on any atom is 0.0701 e. The fourth-order valence-electron chi connectivity index (χ4n) is 2.78. The first-order chi connectivity index (χ1) is 8.17. The summed E-state index contributed by atoms with van der Waals surface area (Å²) in [6.45, 7) is 5.73. The molecular formula is C13H21BrN2S. The van der Waals surface area contributed by atoms with Gasteiger partial charge in [0, 0.05) is 19.1 Å². The van der Waals surface area contributed by atoms with Crippen molar-refractivity contribution in [2.45, 2.75) is 32.2 Å². The van der Waals surface area contributed by atoms with Crippen molar-refractivity contribution >= 4 is 27.3 Å². The van der Waals surface area contributed by atoms with Crippen molar-refractivity contribution < 1.29 is 0 Å². The Balaban J connectivity index is 1.91. The van der Waals surface area contributed by atoms with Gasteiger partial charge in [-0.2, -0.15) is 0 Å². The third kappa shape index (κ3) is 4.05. The minimum Gasteiger partial charge on any atom is -0.327 e. The van der Waals surface area contributed by atoms with Crippen LogP contribution in [0.15, 0.2) is 15.2 Å². The van der Waals surface area contributed by atoms with E-state index < -0.39 is 0 Å². The summed E-state index contributed by atoms with van der Waals surface area (Å²) < 4.78 is 1.23. The summed E-state index contributed by atoms with van der Waals surface area (Å²) in [4.78, 5) is 2.53. The minimum atomic E-state index is 0.363. The lowest BCUT2D eigenvalue weighted by Crippen LogP contribution is -2.47. The number of halogens is 1. The molecule has 1 aliphatic heterocycles. The zero-order chi connectivity index (χ0) is 12.3. The van der Waals surface area contributed by atoms with Crippen LogP contribution in [0.4, 0.5) is 0 Å². The molecule has 1 aromatic rings. The van der Waals surface area contributed by atoms with Crippen LogP contribution in [0, 0.1) is 5.92 Å². The van der Waals surface area contributed by atoms with E-state index in [0.717, 1.165) is 12.5 Å². The molecule has 0 aromatic carbocycles. The monoisotopic (exact) mass is 316 g/mol. The third-order valence-electron chi connectivity index (χ3n) is 3.33. The molecule has 2 atom stereocenters. The molecular weight excluding hydrogens is 296 g/mol. The molecule has 0 amide bonds. The number of likely N-dealkylation sites (tertiary alicyclic amines) is 1. The summed E-state index contributed by atoms with van der Waals surface area (Å²) in [6, 6.07) is 2.61. The van der Waals surface area contributed by atoms with Crippen LogP contribution in [0.25, 0.3) is 0 Å². The molecule has 2 unspecified atom stereocenters. The Labute approximate surface area is 116 Å². The van der Waals surface area contributed by atoms with E-state index in [1.807, 2.05) is 0 Å². The lowest BCUT2D eigenvalue weighted by molar-refractivity contribution is 0.156. The lowest BCUT2D eigenvalue weighted by Gasteiger charge is -2.36. The zero-order valence-corrected chi connectivity index (χ0v) is 12.8. The maximum absolute atomic E-state index is 6.16. The molecule has 1 aliphatic rings. The van der Waals surface area contributed by atoms with Crippen molar-refractivity contribution in [1.82, 2.24) is 4.90 Å². The van der Waals surface area contributed by atoms with Gasteiger partial charge >= 0.3 is 0 Å². The van der Waals surface area contributed by atoms with Crippen molar-refractivity contribution in [3.8, 4) is 0 Å². The predicted octanol–water partition coefficient (Wildman–Crippen LogP) is 3.11. The van der Waals surface area contributed by atoms with Crippen molar-refractivity contribution in [2.75, 3.05) is 19.6 Å². The Hall–Kier alpha value is 0.100. The summed E-state index contributed by atoms with van der Waals surface area (Å²) in [7, 11) is 0. The van der Waals surface area contributed by atoms with Gasteiger partial charge in [-0.1, -0.05) is 6.92 Å². The first-order valence-electron chi connectivity index (χ1n) is 6.38. The molecule has 1 fully saturated rings. The van der Waals surface area contributed by atoms with E-state index in [4.69, 9.17) is 5.73 Å². The van der Waals surface area contributed by atoms with Gasteiger partial charge in [-0.3, -0.25) is 0 Å². The smallest absolute Gasteiger partial charge is 0.0701 e. The van der Waals surface area contributed by atoms with Crippen molar-refractivity contribution in [3.63, 3.8) is 0 Å². The number of thiophene rings is 1. The van der Waals surface area contributed by atoms with Gasteiger partial charge in [0.2, 0.25) is 0 Å². The summed E-state index contributed by atoms with van der Waals surface area (Å²) >= 11 is 5.31. The second kappa shape index (κ2) is 6.32. The maximum atomic E-state index is 6.16. The number of hydrogen-bond donors (Lipinski definition) is 1. The Bertz CT molecular complexity index is 353. The number of piperidine rings is 1. The summed E-state index contributed by atoms with van der Waals surface area (Å²) in [6.07, 6.45) is 3.58. The zero-order valence-electron chi connectivity index (χ0n) is 10.4. The van der Waals surface area contributed by atoms with Crippen molar-refractivity contribution in [1.29, 1.82) is 0 Å². The van der Waals surface area contributed by atoms with Crippen molar-refractivity contribution in [3.05, 3.63) is 20.8 Å². The van der Waals surface area contributed by atoms with Gasteiger partial charge in [0.25, 0.3) is 0 Å². The number of nitrogens with zero attached hydrogens (tertiary/aromatic N) is 1. The van der Waals surface area contributed by atoms with E-state index in [1.165, 1.54) is 41.7 Å². The average molecular weight is 317 g/mol. The molecule has 2 nitrogen and oxygen atoms in total. The lowest BCUT2D eigenvalue weighted by atomic mass is 9.90. The highest BCUT2D eigenvalue weighted by molar-refractivity contribution is 9.11. The molecule has 0 aliphatic carbocycles. The predicted molar refractivity (Wildman–Crippen MR) is 78.5 cm³/mol. The number of hydrogen-bond acceptors (Lipinski definition) is 3. The second-order valence-corrected chi connectivity index (χ2v) is 7.38. The topological polar surface area (TPSA) is 29.3 Å². The Morgan fingerprint density at radius 3 is 3.00 bits per heavy atom. The molecule has 0 spiro atoms. The molecule has 0 saturated carbocycles. The average Bonchev–Trinajstić information content (AvgIpc) is 2.63. The van der Waals surface area contributed by atoms with E-state index in [9.17, 15) is 0 Å². The summed E-state index contributed by atoms with van der Waals surface area (Å²) in [5.74, 6) is 0.729. The van der Waals surface area contributed by atoms with E-state index in [2.05, 4.69) is 39.2 Å². The quantitative estimate of drug-likeness (QED) is 0.924. The molecule has 4 heteroatoms. The first-order valence-corrected chi connectivity index (χ1v) is 8.05. The van der Waals surface area contributed by atoms with Crippen LogP contribution in [-0.4, -0.2) is 30.6 Å². The Kier molecular flexibility index (Phi) is 5.03. The SMILES string of the molecule is CCCN1CC(N)CC(Cc2csc(Br)c2)C1. The van der Waals surface area contributed by atoms with Crippen LogP contribution in [0.5, 0.6) is 0 Å². The van der Waals surface area contributed by atoms with Gasteiger partial charge in [0.15, 0.2) is 0 Å². The highest BCUT2D eigenvalue weighted by atomic mass is 79.9. The van der Waals surface area contributed by atoms with Gasteiger partial charge < -0.3 is 10.6 Å². The van der Waals surface area contributed by atoms with Gasteiger partial charge in [-0.25, -0.2) is 0 Å². The summed E-state index contributed by atoms with van der Waals surface area (Å²) in [5.41, 5.74) is 7.61. The molecule has 2 heterocycles. The molecule has 0 bridgehead atoms. The number of nitrogens with two attached hydrogens (primary N) is 1. The van der Waals surface area contributed by atoms with Gasteiger partial charge in [-0.15, -0.1) is 11.3 Å². The van der Waals surface area contributed by atoms with Gasteiger partial charge in [-0.05, 0) is 64.7 Å². The first kappa shape index (κ1) is 13.5. The van der Waals surface area contributed by atoms with Gasteiger partial charge in [0.1, 0.15) is 0 Å². The van der Waals surface area contributed by atoms with Crippen LogP contribution < -0.4 is 5.73 Å². The second-order valence-electron chi connectivity index (χ2n) is 5.08. The minimum absolute atomic E-state index is 0.363. The molecule has 17 heavy (non-hydrogen) atoms. The molecule has 0 radical (unpaired) electrons. The summed E-state index contributed by atoms with van der Waals surface area (Å²) in [5, 5.41) is 2.26. The fraction of sp³-hybridized carbons (Fsp3) is 0.692. The molecule has 1 saturated heterocycles. The molecule has 1 aromatic heterocycles. The van der Waals surface area contributed by atoms with Crippen LogP contribution in [0.2, 0.25) is 0 Å². The van der Waals surface area contributed by atoms with Gasteiger partial charge in [0.05, 0.1) is 3.79 Å². The third-order valence-corrected chi connectivity index (χ3v) is 4.88. The highest BCUT2D eigenvalue weighted by Crippen LogP contribution is 2.26. The van der Waals surface area contributed by atoms with Crippen LogP contribution in [0.3, 0.4) is 0 Å². The van der Waals surface area contributed by atoms with E-state index in [0.29, 0.717) is 6.04 Å². The molecule has 2 rings (SSSR count). The Morgan fingerprint density at radius 2 is 2.35 bits per heavy atom. The number of rotatable bonds is 4. The normalized spacial score (nSPS) is 26.3. The van der Waals surface area contributed by atoms with E-state index in [1.54, 1.807) is 11.3 Å². The van der Waals surface area contributed by atoms with E-state index in [-0.39, 0.29) is 0 Å². The standard InChI is InChI=1S/C13H21BrN2S/c1-2-3-16-7-10(5-12(15)8-16)4-11-6-13(14)17-9-11/h6,9-10,12H,2-5,7-8,15H2,1H3. The fourth-order valence-corrected chi connectivity index (χ4v) is 4.00. The van der Waals surface area contributed by atoms with Crippen LogP contribution >= 0.6 is 27.3 Å². The molecule has 96 valence electrons. The molecule has 2 N–H and O–H groups in total. The highest BCUT2D eigenvalue weighted by Gasteiger charge is 2.24.